The lowest BCUT2D eigenvalue weighted by Crippen LogP contribution is -1.97. The minimum absolute atomic E-state index is 0.109. The molecule has 0 unspecified atom stereocenters. The summed E-state index contributed by atoms with van der Waals surface area (Å²) in [6.07, 6.45) is 1.74. The van der Waals surface area contributed by atoms with Gasteiger partial charge >= 0.3 is 0 Å². The van der Waals surface area contributed by atoms with E-state index < -0.39 is 0 Å². The molecule has 0 aromatic heterocycles. The second-order valence-corrected chi connectivity index (χ2v) is 5.27. The van der Waals surface area contributed by atoms with Crippen LogP contribution in [-0.4, -0.2) is 12.9 Å². The Morgan fingerprint density at radius 1 is 1.20 bits per heavy atom. The number of Topliss-reactive ketones (excluding diaryl/α,β-unsaturated/α-hetero) is 1. The highest BCUT2D eigenvalue weighted by Crippen LogP contribution is 2.34. The maximum absolute atomic E-state index is 12.2. The van der Waals surface area contributed by atoms with Crippen molar-refractivity contribution in [3.05, 3.63) is 63.8 Å². The van der Waals surface area contributed by atoms with E-state index in [-0.39, 0.29) is 5.78 Å². The molecule has 0 atom stereocenters. The summed E-state index contributed by atoms with van der Waals surface area (Å²) >= 11 is 3.40. The number of ketones is 1. The number of hydrogen-bond acceptors (Lipinski definition) is 3. The monoisotopic (exact) mass is 330 g/mol. The van der Waals surface area contributed by atoms with Crippen LogP contribution in [0.15, 0.2) is 52.7 Å². The fourth-order valence-electron chi connectivity index (χ4n) is 2.04. The second-order valence-electron chi connectivity index (χ2n) is 4.36. The van der Waals surface area contributed by atoms with Gasteiger partial charge in [0.15, 0.2) is 5.76 Å². The molecule has 0 radical (unpaired) electrons. The van der Waals surface area contributed by atoms with Gasteiger partial charge in [-0.05, 0) is 35.9 Å². The lowest BCUT2D eigenvalue weighted by atomic mass is 10.1. The Hall–Kier alpha value is -2.07. The second kappa shape index (κ2) is 5.13. The van der Waals surface area contributed by atoms with Crippen LogP contribution >= 0.6 is 15.9 Å². The van der Waals surface area contributed by atoms with Gasteiger partial charge in [0, 0.05) is 10.5 Å². The molecule has 4 heteroatoms. The number of allylic oxidation sites excluding steroid dienone is 1. The third-order valence-electron chi connectivity index (χ3n) is 3.02. The van der Waals surface area contributed by atoms with Crippen LogP contribution in [0, 0.1) is 0 Å². The quantitative estimate of drug-likeness (QED) is 0.778. The van der Waals surface area contributed by atoms with Gasteiger partial charge in [0.05, 0.1) is 12.7 Å². The van der Waals surface area contributed by atoms with E-state index in [1.165, 1.54) is 0 Å². The van der Waals surface area contributed by atoms with Crippen LogP contribution in [0.2, 0.25) is 0 Å². The number of rotatable bonds is 2. The van der Waals surface area contributed by atoms with Crippen LogP contribution in [0.25, 0.3) is 6.08 Å². The molecular weight excluding hydrogens is 320 g/mol. The van der Waals surface area contributed by atoms with Crippen LogP contribution in [-0.2, 0) is 0 Å². The number of halogens is 1. The van der Waals surface area contributed by atoms with E-state index in [1.54, 1.807) is 31.4 Å². The SMILES string of the molecule is COc1ccc2c(c1)OC(=Cc1cccc(Br)c1)C2=O. The van der Waals surface area contributed by atoms with E-state index in [4.69, 9.17) is 9.47 Å². The zero-order chi connectivity index (χ0) is 14.1. The standard InChI is InChI=1S/C16H11BrO3/c1-19-12-5-6-13-14(9-12)20-15(16(13)18)8-10-3-2-4-11(17)7-10/h2-9H,1H3. The molecule has 1 aliphatic heterocycles. The molecule has 2 aromatic rings. The highest BCUT2D eigenvalue weighted by Gasteiger charge is 2.27. The zero-order valence-electron chi connectivity index (χ0n) is 10.7. The molecule has 1 heterocycles. The highest BCUT2D eigenvalue weighted by atomic mass is 79.9. The number of carbonyl (C=O) groups excluding carboxylic acids is 1. The third-order valence-corrected chi connectivity index (χ3v) is 3.52. The van der Waals surface area contributed by atoms with E-state index in [1.807, 2.05) is 24.3 Å². The Balaban J connectivity index is 1.97. The summed E-state index contributed by atoms with van der Waals surface area (Å²) in [5.41, 5.74) is 1.47. The van der Waals surface area contributed by atoms with E-state index in [2.05, 4.69) is 15.9 Å². The number of ether oxygens (including phenoxy) is 2. The summed E-state index contributed by atoms with van der Waals surface area (Å²) in [5, 5.41) is 0. The van der Waals surface area contributed by atoms with Crippen LogP contribution < -0.4 is 9.47 Å². The van der Waals surface area contributed by atoms with Crippen molar-refractivity contribution in [2.24, 2.45) is 0 Å². The summed E-state index contributed by atoms with van der Waals surface area (Å²) in [7, 11) is 1.58. The molecule has 1 aliphatic rings. The summed E-state index contributed by atoms with van der Waals surface area (Å²) in [5.74, 6) is 1.42. The maximum atomic E-state index is 12.2. The molecule has 0 saturated carbocycles. The number of fused-ring (bicyclic) bond motifs is 1. The normalized spacial score (nSPS) is 15.1. The van der Waals surface area contributed by atoms with Crippen molar-refractivity contribution in [3.63, 3.8) is 0 Å². The number of carbonyl (C=O) groups is 1. The fourth-order valence-corrected chi connectivity index (χ4v) is 2.46. The van der Waals surface area contributed by atoms with E-state index in [0.717, 1.165) is 10.0 Å². The molecule has 20 heavy (non-hydrogen) atoms. The molecule has 0 fully saturated rings. The molecule has 3 nitrogen and oxygen atoms in total. The van der Waals surface area contributed by atoms with Crippen LogP contribution in [0.3, 0.4) is 0 Å². The predicted octanol–water partition coefficient (Wildman–Crippen LogP) is 4.07. The molecule has 3 rings (SSSR count). The Morgan fingerprint density at radius 3 is 2.80 bits per heavy atom. The van der Waals surface area contributed by atoms with Gasteiger partial charge in [-0.2, -0.15) is 0 Å². The van der Waals surface area contributed by atoms with Crippen molar-refractivity contribution < 1.29 is 14.3 Å². The zero-order valence-corrected chi connectivity index (χ0v) is 12.3. The van der Waals surface area contributed by atoms with Gasteiger partial charge in [-0.25, -0.2) is 0 Å². The fraction of sp³-hybridized carbons (Fsp3) is 0.0625. The number of hydrogen-bond donors (Lipinski definition) is 0. The van der Waals surface area contributed by atoms with Gasteiger partial charge in [-0.15, -0.1) is 0 Å². The van der Waals surface area contributed by atoms with Gasteiger partial charge in [-0.3, -0.25) is 4.79 Å². The Kier molecular flexibility index (Phi) is 3.32. The molecule has 0 spiro atoms. The summed E-state index contributed by atoms with van der Waals surface area (Å²) in [6.45, 7) is 0. The minimum Gasteiger partial charge on any atom is -0.497 e. The van der Waals surface area contributed by atoms with Crippen LogP contribution in [0.5, 0.6) is 11.5 Å². The van der Waals surface area contributed by atoms with E-state index in [9.17, 15) is 4.79 Å². The van der Waals surface area contributed by atoms with Gasteiger partial charge in [0.25, 0.3) is 0 Å². The summed E-state index contributed by atoms with van der Waals surface area (Å²) in [4.78, 5) is 12.2. The lowest BCUT2D eigenvalue weighted by Gasteiger charge is -2.01. The third kappa shape index (κ3) is 2.34. The first-order valence-electron chi connectivity index (χ1n) is 6.05. The maximum Gasteiger partial charge on any atom is 0.231 e. The van der Waals surface area contributed by atoms with Crippen molar-refractivity contribution in [2.75, 3.05) is 7.11 Å². The van der Waals surface area contributed by atoms with Gasteiger partial charge in [0.2, 0.25) is 5.78 Å². The number of benzene rings is 2. The van der Waals surface area contributed by atoms with Crippen molar-refractivity contribution in [2.45, 2.75) is 0 Å². The van der Waals surface area contributed by atoms with Crippen molar-refractivity contribution in [3.8, 4) is 11.5 Å². The first-order valence-corrected chi connectivity index (χ1v) is 6.84. The van der Waals surface area contributed by atoms with Crippen LogP contribution in [0.1, 0.15) is 15.9 Å². The average molecular weight is 331 g/mol. The molecule has 100 valence electrons. The highest BCUT2D eigenvalue weighted by molar-refractivity contribution is 9.10. The van der Waals surface area contributed by atoms with E-state index >= 15 is 0 Å². The average Bonchev–Trinajstić information content (AvgIpc) is 2.75. The predicted molar refractivity (Wildman–Crippen MR) is 80.1 cm³/mol. The Labute approximate surface area is 125 Å². The molecule has 0 aliphatic carbocycles. The van der Waals surface area contributed by atoms with Gasteiger partial charge in [0.1, 0.15) is 11.5 Å². The summed E-state index contributed by atoms with van der Waals surface area (Å²) < 4.78 is 11.7. The Bertz CT molecular complexity index is 719. The first-order chi connectivity index (χ1) is 9.67. The summed E-state index contributed by atoms with van der Waals surface area (Å²) in [6, 6.07) is 12.9. The van der Waals surface area contributed by atoms with Gasteiger partial charge in [-0.1, -0.05) is 28.1 Å². The Morgan fingerprint density at radius 2 is 2.05 bits per heavy atom. The van der Waals surface area contributed by atoms with Gasteiger partial charge < -0.3 is 9.47 Å². The van der Waals surface area contributed by atoms with Crippen LogP contribution in [0.4, 0.5) is 0 Å². The molecule has 0 amide bonds. The van der Waals surface area contributed by atoms with E-state index in [0.29, 0.717) is 22.8 Å². The molecule has 2 aromatic carbocycles. The topological polar surface area (TPSA) is 35.5 Å². The lowest BCUT2D eigenvalue weighted by molar-refractivity contribution is 0.101. The first kappa shape index (κ1) is 12.9. The molecule has 0 N–H and O–H groups in total. The smallest absolute Gasteiger partial charge is 0.231 e. The van der Waals surface area contributed by atoms with Crippen molar-refractivity contribution >= 4 is 27.8 Å². The van der Waals surface area contributed by atoms with Crippen molar-refractivity contribution in [1.82, 2.24) is 0 Å². The number of methoxy groups -OCH3 is 1. The minimum atomic E-state index is -0.109. The largest absolute Gasteiger partial charge is 0.497 e. The molecule has 0 bridgehead atoms. The molecular formula is C16H11BrO3. The molecule has 0 saturated heterocycles. The van der Waals surface area contributed by atoms with Crippen molar-refractivity contribution in [1.29, 1.82) is 0 Å².